The first-order chi connectivity index (χ1) is 14.0. The van der Waals surface area contributed by atoms with Crippen LogP contribution >= 0.6 is 11.3 Å². The smallest absolute Gasteiger partial charge is 0.273 e. The van der Waals surface area contributed by atoms with E-state index in [0.29, 0.717) is 23.2 Å². The maximum atomic E-state index is 13.4. The third-order valence-corrected chi connectivity index (χ3v) is 5.76. The Bertz CT molecular complexity index is 1020. The molecule has 1 N–H and O–H groups in total. The van der Waals surface area contributed by atoms with Gasteiger partial charge in [0.25, 0.3) is 5.91 Å². The molecule has 0 bridgehead atoms. The quantitative estimate of drug-likeness (QED) is 0.664. The van der Waals surface area contributed by atoms with Crippen LogP contribution in [0.1, 0.15) is 0 Å². The van der Waals surface area contributed by atoms with Crippen LogP contribution in [0, 0.1) is 0 Å². The number of carbonyl (C=O) groups excluding carboxylic acids is 1. The highest BCUT2D eigenvalue weighted by Crippen LogP contribution is 2.34. The maximum Gasteiger partial charge on any atom is 0.273 e. The number of fused-ring (bicyclic) bond motifs is 2. The van der Waals surface area contributed by atoms with E-state index in [-0.39, 0.29) is 12.5 Å². The second-order valence-electron chi connectivity index (χ2n) is 7.14. The summed E-state index contributed by atoms with van der Waals surface area (Å²) in [5.41, 5.74) is 0.811. The van der Waals surface area contributed by atoms with Crippen molar-refractivity contribution in [2.24, 2.45) is 0 Å². The summed E-state index contributed by atoms with van der Waals surface area (Å²) in [7, 11) is 5.74. The van der Waals surface area contributed by atoms with Gasteiger partial charge in [0.1, 0.15) is 12.4 Å². The molecule has 2 aromatic carbocycles. The maximum absolute atomic E-state index is 13.4. The monoisotopic (exact) mass is 414 g/mol. The molecule has 0 radical (unpaired) electrons. The standard InChI is InChI=1S/C21H23N3O4S/c1-23(2)10-11-24(21-22-15-12-14(26-3)8-9-19(15)29-21)20(25)18-13-27-16-6-4-5-7-17(16)28-18/h4-9,12,18H,10-11,13H2,1-3H3/p+1/t18-/m1/s1. The molecule has 4 rings (SSSR count). The molecule has 0 saturated carbocycles. The van der Waals surface area contributed by atoms with Gasteiger partial charge in [-0.2, -0.15) is 0 Å². The molecule has 0 unspecified atom stereocenters. The molecule has 7 nitrogen and oxygen atoms in total. The van der Waals surface area contributed by atoms with Crippen LogP contribution in [0.25, 0.3) is 10.2 Å². The van der Waals surface area contributed by atoms with Gasteiger partial charge >= 0.3 is 0 Å². The van der Waals surface area contributed by atoms with Gasteiger partial charge in [-0.05, 0) is 24.3 Å². The molecule has 29 heavy (non-hydrogen) atoms. The molecule has 0 saturated heterocycles. The highest BCUT2D eigenvalue weighted by Gasteiger charge is 2.33. The number of amides is 1. The zero-order valence-corrected chi connectivity index (χ0v) is 17.5. The van der Waals surface area contributed by atoms with Gasteiger partial charge in [-0.1, -0.05) is 23.5 Å². The number of ether oxygens (including phenoxy) is 3. The highest BCUT2D eigenvalue weighted by atomic mass is 32.1. The number of nitrogens with one attached hydrogen (secondary N) is 1. The molecule has 1 atom stereocenters. The van der Waals surface area contributed by atoms with E-state index < -0.39 is 6.10 Å². The fraction of sp³-hybridized carbons (Fsp3) is 0.333. The van der Waals surface area contributed by atoms with Crippen molar-refractivity contribution in [2.75, 3.05) is 45.8 Å². The molecular formula is C21H24N3O4S+. The Morgan fingerprint density at radius 1 is 1.28 bits per heavy atom. The van der Waals surface area contributed by atoms with E-state index in [1.807, 2.05) is 42.5 Å². The second-order valence-corrected chi connectivity index (χ2v) is 8.15. The van der Waals surface area contributed by atoms with Crippen molar-refractivity contribution in [1.29, 1.82) is 0 Å². The molecular weight excluding hydrogens is 390 g/mol. The molecule has 0 spiro atoms. The molecule has 1 aromatic heterocycles. The van der Waals surface area contributed by atoms with E-state index in [9.17, 15) is 4.79 Å². The number of rotatable bonds is 6. The lowest BCUT2D eigenvalue weighted by Gasteiger charge is -2.29. The fourth-order valence-electron chi connectivity index (χ4n) is 3.09. The van der Waals surface area contributed by atoms with Gasteiger partial charge in [0, 0.05) is 6.07 Å². The number of methoxy groups -OCH3 is 1. The van der Waals surface area contributed by atoms with E-state index in [1.54, 1.807) is 12.0 Å². The van der Waals surface area contributed by atoms with Gasteiger partial charge in [0.2, 0.25) is 6.10 Å². The summed E-state index contributed by atoms with van der Waals surface area (Å²) in [4.78, 5) is 21.0. The van der Waals surface area contributed by atoms with Gasteiger partial charge in [-0.15, -0.1) is 0 Å². The van der Waals surface area contributed by atoms with Crippen LogP contribution in [0.15, 0.2) is 42.5 Å². The van der Waals surface area contributed by atoms with Crippen molar-refractivity contribution in [1.82, 2.24) is 4.98 Å². The van der Waals surface area contributed by atoms with Gasteiger partial charge in [-0.3, -0.25) is 9.69 Å². The number of quaternary nitrogens is 1. The molecule has 3 aromatic rings. The van der Waals surface area contributed by atoms with E-state index in [0.717, 1.165) is 22.5 Å². The Hall–Kier alpha value is -2.84. The normalized spacial score (nSPS) is 15.5. The van der Waals surface area contributed by atoms with Gasteiger partial charge < -0.3 is 19.1 Å². The lowest BCUT2D eigenvalue weighted by atomic mass is 10.2. The Balaban J connectivity index is 1.62. The largest absolute Gasteiger partial charge is 0.497 e. The van der Waals surface area contributed by atoms with Crippen LogP contribution in [0.4, 0.5) is 5.13 Å². The van der Waals surface area contributed by atoms with Gasteiger partial charge in [0.15, 0.2) is 16.6 Å². The van der Waals surface area contributed by atoms with Crippen molar-refractivity contribution >= 4 is 32.6 Å². The van der Waals surface area contributed by atoms with Gasteiger partial charge in [-0.25, -0.2) is 4.98 Å². The predicted molar refractivity (Wildman–Crippen MR) is 113 cm³/mol. The number of carbonyl (C=O) groups is 1. The first-order valence-corrected chi connectivity index (χ1v) is 10.3. The minimum Gasteiger partial charge on any atom is -0.497 e. The first-order valence-electron chi connectivity index (χ1n) is 9.48. The van der Waals surface area contributed by atoms with E-state index >= 15 is 0 Å². The van der Waals surface area contributed by atoms with Crippen LogP contribution in [0.3, 0.4) is 0 Å². The summed E-state index contributed by atoms with van der Waals surface area (Å²) in [5.74, 6) is 1.84. The number of benzene rings is 2. The summed E-state index contributed by atoms with van der Waals surface area (Å²) < 4.78 is 18.0. The molecule has 0 aliphatic carbocycles. The van der Waals surface area contributed by atoms with Crippen molar-refractivity contribution in [3.63, 3.8) is 0 Å². The van der Waals surface area contributed by atoms with Crippen molar-refractivity contribution in [3.05, 3.63) is 42.5 Å². The number of aromatic nitrogens is 1. The van der Waals surface area contributed by atoms with Gasteiger partial charge in [0.05, 0.1) is 44.5 Å². The molecule has 2 heterocycles. The second kappa shape index (κ2) is 8.26. The van der Waals surface area contributed by atoms with E-state index in [2.05, 4.69) is 14.1 Å². The highest BCUT2D eigenvalue weighted by molar-refractivity contribution is 7.22. The van der Waals surface area contributed by atoms with Crippen molar-refractivity contribution < 1.29 is 23.9 Å². The lowest BCUT2D eigenvalue weighted by Crippen LogP contribution is -3.06. The van der Waals surface area contributed by atoms with Crippen LogP contribution < -0.4 is 24.0 Å². The van der Waals surface area contributed by atoms with Crippen LogP contribution in [0.5, 0.6) is 17.2 Å². The van der Waals surface area contributed by atoms with Crippen LogP contribution in [0.2, 0.25) is 0 Å². The summed E-state index contributed by atoms with van der Waals surface area (Å²) in [6.07, 6.45) is -0.705. The number of nitrogens with zero attached hydrogens (tertiary/aromatic N) is 2. The number of likely N-dealkylation sites (N-methyl/N-ethyl adjacent to an activating group) is 1. The molecule has 1 amide bonds. The minimum atomic E-state index is -0.705. The summed E-state index contributed by atoms with van der Waals surface area (Å²) in [6, 6.07) is 13.1. The average Bonchev–Trinajstić information content (AvgIpc) is 3.15. The minimum absolute atomic E-state index is 0.147. The van der Waals surface area contributed by atoms with Crippen molar-refractivity contribution in [3.8, 4) is 17.2 Å². The van der Waals surface area contributed by atoms with Crippen molar-refractivity contribution in [2.45, 2.75) is 6.10 Å². The lowest BCUT2D eigenvalue weighted by molar-refractivity contribution is -0.856. The SMILES string of the molecule is COc1ccc2sc(N(CC[NH+](C)C)C(=O)[C@H]3COc4ccccc4O3)nc2c1. The molecule has 8 heteroatoms. The average molecular weight is 415 g/mol. The summed E-state index contributed by atoms with van der Waals surface area (Å²) >= 11 is 1.49. The Kier molecular flexibility index (Phi) is 5.55. The molecule has 1 aliphatic rings. The third kappa shape index (κ3) is 4.13. The number of hydrogen-bond donors (Lipinski definition) is 1. The van der Waals surface area contributed by atoms with Crippen LogP contribution in [-0.2, 0) is 4.79 Å². The number of hydrogen-bond acceptors (Lipinski definition) is 6. The number of thiazole rings is 1. The Morgan fingerprint density at radius 2 is 2.07 bits per heavy atom. The Morgan fingerprint density at radius 3 is 2.83 bits per heavy atom. The Labute approximate surface area is 173 Å². The first kappa shape index (κ1) is 19.5. The molecule has 1 aliphatic heterocycles. The zero-order valence-electron chi connectivity index (χ0n) is 16.7. The summed E-state index contributed by atoms with van der Waals surface area (Å²) in [6.45, 7) is 1.51. The molecule has 0 fully saturated rings. The van der Waals surface area contributed by atoms with E-state index in [4.69, 9.17) is 19.2 Å². The fourth-order valence-corrected chi connectivity index (χ4v) is 4.07. The number of anilines is 1. The topological polar surface area (TPSA) is 65.3 Å². The third-order valence-electron chi connectivity index (χ3n) is 4.70. The zero-order chi connectivity index (χ0) is 20.4. The summed E-state index contributed by atoms with van der Waals surface area (Å²) in [5, 5.41) is 0.655. The molecule has 152 valence electrons. The predicted octanol–water partition coefficient (Wildman–Crippen LogP) is 1.62. The number of para-hydroxylation sites is 2. The van der Waals surface area contributed by atoms with Crippen LogP contribution in [-0.4, -0.2) is 57.9 Å². The van der Waals surface area contributed by atoms with E-state index in [1.165, 1.54) is 16.2 Å².